The molecule has 11 nitrogen and oxygen atoms in total. The number of hydrogen-bond donors (Lipinski definition) is 3. The van der Waals surface area contributed by atoms with Crippen molar-refractivity contribution in [1.82, 2.24) is 15.2 Å². The second kappa shape index (κ2) is 8.84. The lowest BCUT2D eigenvalue weighted by molar-refractivity contribution is -0.163. The van der Waals surface area contributed by atoms with Crippen LogP contribution < -0.4 is 5.32 Å². The van der Waals surface area contributed by atoms with Crippen LogP contribution in [0.25, 0.3) is 11.1 Å². The Hall–Kier alpha value is -4.25. The highest BCUT2D eigenvalue weighted by Gasteiger charge is 2.43. The molecule has 5 rings (SSSR count). The highest BCUT2D eigenvalue weighted by atomic mass is 16.6. The summed E-state index contributed by atoms with van der Waals surface area (Å²) in [6.07, 6.45) is -0.541. The predicted octanol–water partition coefficient (Wildman–Crippen LogP) is 2.48. The Morgan fingerprint density at radius 1 is 1.09 bits per heavy atom. The van der Waals surface area contributed by atoms with Crippen LogP contribution in [0.3, 0.4) is 0 Å². The van der Waals surface area contributed by atoms with Gasteiger partial charge in [0, 0.05) is 12.5 Å². The maximum absolute atomic E-state index is 12.9. The van der Waals surface area contributed by atoms with Gasteiger partial charge >= 0.3 is 12.1 Å². The number of carbonyl (C=O) groups excluding carboxylic acids is 2. The van der Waals surface area contributed by atoms with Crippen LogP contribution in [-0.2, 0) is 9.53 Å². The van der Waals surface area contributed by atoms with E-state index in [0.29, 0.717) is 0 Å². The van der Waals surface area contributed by atoms with Crippen molar-refractivity contribution < 1.29 is 34.0 Å². The summed E-state index contributed by atoms with van der Waals surface area (Å²) in [5.41, 5.74) is 1.93. The van der Waals surface area contributed by atoms with Crippen LogP contribution in [-0.4, -0.2) is 68.7 Å². The first-order valence-corrected chi connectivity index (χ1v) is 11.1. The van der Waals surface area contributed by atoms with Crippen molar-refractivity contribution in [2.24, 2.45) is 0 Å². The Morgan fingerprint density at radius 2 is 1.74 bits per heavy atom. The zero-order valence-corrected chi connectivity index (χ0v) is 18.5. The Labute approximate surface area is 199 Å². The van der Waals surface area contributed by atoms with Crippen LogP contribution >= 0.6 is 0 Å². The number of aliphatic carboxylic acids is 1. The van der Waals surface area contributed by atoms with Crippen molar-refractivity contribution >= 4 is 23.8 Å². The second-order valence-electron chi connectivity index (χ2n) is 8.58. The topological polar surface area (TPSA) is 155 Å². The summed E-state index contributed by atoms with van der Waals surface area (Å²) in [7, 11) is 0. The molecule has 1 aromatic heterocycles. The number of nitrogens with one attached hydrogen (secondary N) is 1. The first-order chi connectivity index (χ1) is 16.9. The average molecular weight is 478 g/mol. The maximum Gasteiger partial charge on any atom is 0.412 e. The van der Waals surface area contributed by atoms with Gasteiger partial charge in [-0.1, -0.05) is 48.5 Å². The highest BCUT2D eigenvalue weighted by molar-refractivity contribution is 6.00. The summed E-state index contributed by atoms with van der Waals surface area (Å²) in [5, 5.41) is 29.0. The van der Waals surface area contributed by atoms with Crippen LogP contribution in [0.5, 0.6) is 0 Å². The number of likely N-dealkylation sites (tertiary alicyclic amines) is 1. The number of carboxylic acid groups (broad SMARTS) is 1. The Balaban J connectivity index is 1.26. The Kier molecular flexibility index (Phi) is 5.69. The van der Waals surface area contributed by atoms with Gasteiger partial charge in [-0.2, -0.15) is 0 Å². The van der Waals surface area contributed by atoms with E-state index in [9.17, 15) is 24.6 Å². The minimum absolute atomic E-state index is 0.0219. The molecule has 1 aliphatic carbocycles. The molecule has 1 aliphatic heterocycles. The lowest BCUT2D eigenvalue weighted by atomic mass is 9.93. The van der Waals surface area contributed by atoms with Gasteiger partial charge in [0.25, 0.3) is 5.91 Å². The largest absolute Gasteiger partial charge is 0.479 e. The van der Waals surface area contributed by atoms with E-state index in [2.05, 4.69) is 20.3 Å². The zero-order chi connectivity index (χ0) is 24.6. The number of amides is 2. The number of aromatic nitrogens is 2. The van der Waals surface area contributed by atoms with Crippen LogP contribution in [0.4, 0.5) is 10.6 Å². The Morgan fingerprint density at radius 3 is 2.40 bits per heavy atom. The van der Waals surface area contributed by atoms with Gasteiger partial charge in [0.1, 0.15) is 6.61 Å². The number of benzene rings is 2. The molecule has 180 valence electrons. The molecule has 0 spiro atoms. The summed E-state index contributed by atoms with van der Waals surface area (Å²) >= 11 is 0. The number of ether oxygens (including phenoxy) is 1. The van der Waals surface area contributed by atoms with Gasteiger partial charge in [-0.15, -0.1) is 0 Å². The van der Waals surface area contributed by atoms with Crippen LogP contribution in [0.2, 0.25) is 0 Å². The molecule has 2 aliphatic rings. The smallest absolute Gasteiger partial charge is 0.412 e. The standard InChI is InChI=1S/C24H22N4O7/c29-21(28-11-5-10-24(33,13-28)22(30)31)19-20(27-35-26-19)25-23(32)34-12-18-16-8-3-1-6-14(16)15-7-2-4-9-17(15)18/h1-4,6-9,18,33H,5,10-13H2,(H,30,31)(H,25,27,32). The molecule has 0 bridgehead atoms. The fourth-order valence-electron chi connectivity index (χ4n) is 4.68. The molecule has 0 radical (unpaired) electrons. The summed E-state index contributed by atoms with van der Waals surface area (Å²) in [6.45, 7) is -0.143. The fraction of sp³-hybridized carbons (Fsp3) is 0.292. The monoisotopic (exact) mass is 478 g/mol. The average Bonchev–Trinajstić information content (AvgIpc) is 3.44. The first-order valence-electron chi connectivity index (χ1n) is 11.1. The molecular formula is C24H22N4O7. The van der Waals surface area contributed by atoms with Crippen LogP contribution in [0, 0.1) is 0 Å². The van der Waals surface area contributed by atoms with Crippen LogP contribution in [0.15, 0.2) is 53.2 Å². The van der Waals surface area contributed by atoms with Crippen molar-refractivity contribution in [3.8, 4) is 11.1 Å². The molecule has 35 heavy (non-hydrogen) atoms. The molecule has 3 aromatic rings. The molecule has 3 N–H and O–H groups in total. The molecule has 2 heterocycles. The van der Waals surface area contributed by atoms with Crippen molar-refractivity contribution in [1.29, 1.82) is 0 Å². The number of fused-ring (bicyclic) bond motifs is 3. The van der Waals surface area contributed by atoms with E-state index < -0.39 is 30.1 Å². The quantitative estimate of drug-likeness (QED) is 0.501. The predicted molar refractivity (Wildman–Crippen MR) is 121 cm³/mol. The molecule has 2 amide bonds. The van der Waals surface area contributed by atoms with Crippen molar-refractivity contribution in [2.75, 3.05) is 25.0 Å². The molecule has 1 atom stereocenters. The van der Waals surface area contributed by atoms with Gasteiger partial charge in [0.05, 0.1) is 6.54 Å². The summed E-state index contributed by atoms with van der Waals surface area (Å²) in [4.78, 5) is 37.9. The summed E-state index contributed by atoms with van der Waals surface area (Å²) in [6, 6.07) is 15.8. The molecule has 1 unspecified atom stereocenters. The third kappa shape index (κ3) is 4.10. The molecule has 0 saturated carbocycles. The number of carbonyl (C=O) groups is 3. The molecule has 11 heteroatoms. The van der Waals surface area contributed by atoms with Crippen molar-refractivity contribution in [3.05, 3.63) is 65.4 Å². The molecule has 1 saturated heterocycles. The lowest BCUT2D eigenvalue weighted by Crippen LogP contribution is -2.54. The van der Waals surface area contributed by atoms with Gasteiger partial charge < -0.3 is 19.8 Å². The van der Waals surface area contributed by atoms with Crippen molar-refractivity contribution in [2.45, 2.75) is 24.4 Å². The molecular weight excluding hydrogens is 456 g/mol. The number of nitrogens with zero attached hydrogens (tertiary/aromatic N) is 3. The van der Waals surface area contributed by atoms with Gasteiger partial charge in [0.2, 0.25) is 11.5 Å². The van der Waals surface area contributed by atoms with Gasteiger partial charge in [-0.25, -0.2) is 14.2 Å². The van der Waals surface area contributed by atoms with Gasteiger partial charge in [0.15, 0.2) is 5.60 Å². The fourth-order valence-corrected chi connectivity index (χ4v) is 4.68. The van der Waals surface area contributed by atoms with E-state index >= 15 is 0 Å². The number of piperidine rings is 1. The van der Waals surface area contributed by atoms with E-state index in [1.54, 1.807) is 0 Å². The maximum atomic E-state index is 12.9. The van der Waals surface area contributed by atoms with E-state index in [-0.39, 0.29) is 43.4 Å². The van der Waals surface area contributed by atoms with E-state index in [0.717, 1.165) is 27.2 Å². The van der Waals surface area contributed by atoms with Gasteiger partial charge in [-0.3, -0.25) is 10.1 Å². The van der Waals surface area contributed by atoms with Crippen LogP contribution in [0.1, 0.15) is 40.4 Å². The lowest BCUT2D eigenvalue weighted by Gasteiger charge is -2.35. The van der Waals surface area contributed by atoms with Gasteiger partial charge in [-0.05, 0) is 45.4 Å². The number of aliphatic hydroxyl groups is 1. The van der Waals surface area contributed by atoms with E-state index in [1.165, 1.54) is 0 Å². The number of hydrogen-bond acceptors (Lipinski definition) is 8. The minimum atomic E-state index is -2.05. The first kappa shape index (κ1) is 22.5. The van der Waals surface area contributed by atoms with E-state index in [1.807, 2.05) is 48.5 Å². The third-order valence-corrected chi connectivity index (χ3v) is 6.41. The van der Waals surface area contributed by atoms with Crippen molar-refractivity contribution in [3.63, 3.8) is 0 Å². The zero-order valence-electron chi connectivity index (χ0n) is 18.5. The normalized spacial score (nSPS) is 19.1. The SMILES string of the molecule is O=C(Nc1nonc1C(=O)N1CCCC(O)(C(=O)O)C1)OCC1c2ccccc2-c2ccccc21. The second-order valence-corrected chi connectivity index (χ2v) is 8.58. The number of carboxylic acids is 1. The molecule has 2 aromatic carbocycles. The number of anilines is 1. The minimum Gasteiger partial charge on any atom is -0.479 e. The summed E-state index contributed by atoms with van der Waals surface area (Å²) < 4.78 is 10.1. The number of β-amino-alcohol motifs (C(OH)–C–C–N with tert-alkyl or cyclic N) is 1. The highest BCUT2D eigenvalue weighted by Crippen LogP contribution is 2.44. The third-order valence-electron chi connectivity index (χ3n) is 6.41. The molecule has 1 fully saturated rings. The number of rotatable bonds is 5. The summed E-state index contributed by atoms with van der Waals surface area (Å²) in [5.74, 6) is -2.53. The van der Waals surface area contributed by atoms with E-state index in [4.69, 9.17) is 4.74 Å². The Bertz CT molecular complexity index is 1260.